The van der Waals surface area contributed by atoms with Crippen molar-refractivity contribution in [2.24, 2.45) is 0 Å². The van der Waals surface area contributed by atoms with E-state index in [-0.39, 0.29) is 12.7 Å². The van der Waals surface area contributed by atoms with Gasteiger partial charge in [0.1, 0.15) is 0 Å². The van der Waals surface area contributed by atoms with Crippen molar-refractivity contribution in [2.45, 2.75) is 6.10 Å². The highest BCUT2D eigenvalue weighted by Gasteiger charge is 2.10. The van der Waals surface area contributed by atoms with E-state index < -0.39 is 0 Å². The minimum atomic E-state index is 0.0312. The highest BCUT2D eigenvalue weighted by atomic mass is 16.5. The first-order valence-electron chi connectivity index (χ1n) is 3.36. The maximum Gasteiger partial charge on any atom is 0.0930 e. The molecule has 1 saturated heterocycles. The summed E-state index contributed by atoms with van der Waals surface area (Å²) in [6.45, 7) is 8.56. The Bertz CT molecular complexity index is 72.0. The van der Waals surface area contributed by atoms with Gasteiger partial charge in [-0.25, -0.2) is 0 Å². The van der Waals surface area contributed by atoms with Crippen molar-refractivity contribution in [3.05, 3.63) is 13.2 Å². The fourth-order valence-corrected chi connectivity index (χ4v) is 0.737. The van der Waals surface area contributed by atoms with E-state index in [9.17, 15) is 0 Å². The summed E-state index contributed by atoms with van der Waals surface area (Å²) in [6.07, 6.45) is 0.0312. The molecule has 2 N–H and O–H groups in total. The zero-order valence-corrected chi connectivity index (χ0v) is 6.18. The summed E-state index contributed by atoms with van der Waals surface area (Å²) >= 11 is 0. The largest absolute Gasteiger partial charge is 0.394 e. The molecule has 0 spiro atoms. The van der Waals surface area contributed by atoms with Gasteiger partial charge in [0.2, 0.25) is 0 Å². The molecule has 1 fully saturated rings. The Morgan fingerprint density at radius 3 is 2.60 bits per heavy atom. The first kappa shape index (κ1) is 9.62. The fraction of sp³-hybridized carbons (Fsp3) is 0.714. The van der Waals surface area contributed by atoms with E-state index in [2.05, 4.69) is 18.5 Å². The number of rotatable bonds is 1. The van der Waals surface area contributed by atoms with Crippen LogP contribution in [0, 0.1) is 0 Å². The highest BCUT2D eigenvalue weighted by Crippen LogP contribution is 1.92. The Kier molecular flexibility index (Phi) is 6.48. The van der Waals surface area contributed by atoms with Gasteiger partial charge in [0.05, 0.1) is 19.3 Å². The summed E-state index contributed by atoms with van der Waals surface area (Å²) in [5.74, 6) is 0. The predicted octanol–water partition coefficient (Wildman–Crippen LogP) is -0.231. The van der Waals surface area contributed by atoms with Gasteiger partial charge in [-0.2, -0.15) is 0 Å². The molecule has 1 aliphatic heterocycles. The van der Waals surface area contributed by atoms with Crippen molar-refractivity contribution in [1.29, 1.82) is 0 Å². The van der Waals surface area contributed by atoms with Gasteiger partial charge >= 0.3 is 0 Å². The first-order valence-corrected chi connectivity index (χ1v) is 3.36. The smallest absolute Gasteiger partial charge is 0.0930 e. The number of aliphatic hydroxyl groups is 1. The second kappa shape index (κ2) is 6.74. The quantitative estimate of drug-likeness (QED) is 0.501. The molecule has 1 unspecified atom stereocenters. The number of nitrogens with one attached hydrogen (secondary N) is 1. The molecule has 1 heterocycles. The molecule has 10 heavy (non-hydrogen) atoms. The zero-order chi connectivity index (χ0) is 7.82. The molecule has 0 amide bonds. The first-order chi connectivity index (χ1) is 4.93. The summed E-state index contributed by atoms with van der Waals surface area (Å²) in [7, 11) is 0. The number of aliphatic hydroxyl groups excluding tert-OH is 1. The van der Waals surface area contributed by atoms with Crippen LogP contribution in [0.4, 0.5) is 0 Å². The zero-order valence-electron chi connectivity index (χ0n) is 6.18. The third-order valence-corrected chi connectivity index (χ3v) is 1.21. The number of hydrogen-bond acceptors (Lipinski definition) is 3. The lowest BCUT2D eigenvalue weighted by molar-refractivity contribution is -0.00618. The summed E-state index contributed by atoms with van der Waals surface area (Å²) < 4.78 is 5.11. The summed E-state index contributed by atoms with van der Waals surface area (Å²) in [6, 6.07) is 0. The lowest BCUT2D eigenvalue weighted by Crippen LogP contribution is -2.40. The van der Waals surface area contributed by atoms with E-state index in [1.807, 2.05) is 0 Å². The van der Waals surface area contributed by atoms with Crippen LogP contribution in [-0.2, 0) is 4.74 Å². The average Bonchev–Trinajstić information content (AvgIpc) is 2.10. The molecule has 1 atom stereocenters. The van der Waals surface area contributed by atoms with Gasteiger partial charge in [0.15, 0.2) is 0 Å². The van der Waals surface area contributed by atoms with E-state index in [0.29, 0.717) is 0 Å². The molecule has 3 heteroatoms. The molecule has 0 aliphatic carbocycles. The Hall–Kier alpha value is -0.380. The molecule has 0 aromatic heterocycles. The Morgan fingerprint density at radius 1 is 1.60 bits per heavy atom. The van der Waals surface area contributed by atoms with Gasteiger partial charge in [-0.05, 0) is 0 Å². The molecule has 0 aromatic carbocycles. The maximum atomic E-state index is 8.53. The topological polar surface area (TPSA) is 41.5 Å². The molecular formula is C7H15NO2. The summed E-state index contributed by atoms with van der Waals surface area (Å²) in [5, 5.41) is 11.6. The summed E-state index contributed by atoms with van der Waals surface area (Å²) in [5.41, 5.74) is 0. The number of ether oxygens (including phenoxy) is 1. The molecule has 0 aromatic rings. The van der Waals surface area contributed by atoms with Crippen molar-refractivity contribution >= 4 is 0 Å². The second-order valence-corrected chi connectivity index (χ2v) is 1.88. The Balaban J connectivity index is 0.000000371. The van der Waals surface area contributed by atoms with Crippen LogP contribution in [-0.4, -0.2) is 37.5 Å². The standard InChI is InChI=1S/C5H11NO2.C2H4/c7-4-5-3-6-1-2-8-5;1-2/h5-7H,1-4H2;1-2H2. The molecule has 60 valence electrons. The van der Waals surface area contributed by atoms with Gasteiger partial charge in [-0.3, -0.25) is 0 Å². The van der Waals surface area contributed by atoms with Crippen LogP contribution >= 0.6 is 0 Å². The van der Waals surface area contributed by atoms with E-state index in [1.54, 1.807) is 0 Å². The fourth-order valence-electron chi connectivity index (χ4n) is 0.737. The average molecular weight is 145 g/mol. The van der Waals surface area contributed by atoms with E-state index in [4.69, 9.17) is 9.84 Å². The SMILES string of the molecule is C=C.OCC1CNCCO1. The molecular weight excluding hydrogens is 130 g/mol. The third kappa shape index (κ3) is 3.61. The molecule has 1 aliphatic rings. The summed E-state index contributed by atoms with van der Waals surface area (Å²) in [4.78, 5) is 0. The third-order valence-electron chi connectivity index (χ3n) is 1.21. The van der Waals surface area contributed by atoms with Crippen LogP contribution < -0.4 is 5.32 Å². The molecule has 3 nitrogen and oxygen atoms in total. The maximum absolute atomic E-state index is 8.53. The lowest BCUT2D eigenvalue weighted by Gasteiger charge is -2.21. The van der Waals surface area contributed by atoms with Crippen LogP contribution in [0.5, 0.6) is 0 Å². The van der Waals surface area contributed by atoms with Crippen molar-refractivity contribution in [3.8, 4) is 0 Å². The Morgan fingerprint density at radius 2 is 2.30 bits per heavy atom. The van der Waals surface area contributed by atoms with E-state index >= 15 is 0 Å². The lowest BCUT2D eigenvalue weighted by atomic mass is 10.3. The van der Waals surface area contributed by atoms with Gasteiger partial charge in [0.25, 0.3) is 0 Å². The number of hydrogen-bond donors (Lipinski definition) is 2. The highest BCUT2D eigenvalue weighted by molar-refractivity contribution is 4.64. The molecule has 0 bridgehead atoms. The van der Waals surface area contributed by atoms with E-state index in [0.717, 1.165) is 19.7 Å². The van der Waals surface area contributed by atoms with Crippen LogP contribution in [0.3, 0.4) is 0 Å². The molecule has 0 saturated carbocycles. The van der Waals surface area contributed by atoms with Crippen LogP contribution in [0.25, 0.3) is 0 Å². The minimum absolute atomic E-state index is 0.0312. The van der Waals surface area contributed by atoms with Gasteiger partial charge in [-0.15, -0.1) is 13.2 Å². The van der Waals surface area contributed by atoms with Crippen LogP contribution in [0.1, 0.15) is 0 Å². The second-order valence-electron chi connectivity index (χ2n) is 1.88. The van der Waals surface area contributed by atoms with Crippen molar-refractivity contribution in [3.63, 3.8) is 0 Å². The van der Waals surface area contributed by atoms with Crippen LogP contribution in [0.2, 0.25) is 0 Å². The monoisotopic (exact) mass is 145 g/mol. The Labute approximate surface area is 61.7 Å². The predicted molar refractivity (Wildman–Crippen MR) is 40.9 cm³/mol. The number of morpholine rings is 1. The van der Waals surface area contributed by atoms with E-state index in [1.165, 1.54) is 0 Å². The van der Waals surface area contributed by atoms with Crippen LogP contribution in [0.15, 0.2) is 13.2 Å². The normalized spacial score (nSPS) is 24.7. The molecule has 1 rings (SSSR count). The van der Waals surface area contributed by atoms with Gasteiger partial charge in [-0.1, -0.05) is 0 Å². The van der Waals surface area contributed by atoms with Gasteiger partial charge in [0, 0.05) is 13.1 Å². The minimum Gasteiger partial charge on any atom is -0.394 e. The van der Waals surface area contributed by atoms with Gasteiger partial charge < -0.3 is 15.2 Å². The van der Waals surface area contributed by atoms with Crippen molar-refractivity contribution in [2.75, 3.05) is 26.3 Å². The van der Waals surface area contributed by atoms with Crippen molar-refractivity contribution < 1.29 is 9.84 Å². The van der Waals surface area contributed by atoms with Crippen molar-refractivity contribution in [1.82, 2.24) is 5.32 Å². The molecule has 0 radical (unpaired) electrons.